The molecule has 1 aliphatic heterocycles. The monoisotopic (exact) mass is 404 g/mol. The first-order valence-corrected chi connectivity index (χ1v) is 8.45. The Hall–Kier alpha value is -2.53. The summed E-state index contributed by atoms with van der Waals surface area (Å²) in [5.74, 6) is -0.900. The van der Waals surface area contributed by atoms with Gasteiger partial charge in [-0.3, -0.25) is 14.6 Å². The Bertz CT molecular complexity index is 883. The van der Waals surface area contributed by atoms with Crippen LogP contribution in [0.5, 0.6) is 0 Å². The number of nitrogens with zero attached hydrogens (tertiary/aromatic N) is 3. The van der Waals surface area contributed by atoms with Crippen LogP contribution in [0, 0.1) is 11.3 Å². The Morgan fingerprint density at radius 2 is 2.24 bits per heavy atom. The molecule has 1 saturated heterocycles. The maximum absolute atomic E-state index is 13.4. The number of fused-ring (bicyclic) bond motifs is 1. The van der Waals surface area contributed by atoms with Crippen LogP contribution in [0.2, 0.25) is 0 Å². The number of nitrogens with one attached hydrogen (secondary N) is 1. The van der Waals surface area contributed by atoms with Crippen LogP contribution in [0.4, 0.5) is 4.39 Å². The molecule has 2 heterocycles. The van der Waals surface area contributed by atoms with E-state index in [2.05, 4.69) is 26.2 Å². The lowest BCUT2D eigenvalue weighted by atomic mass is 10.1. The third-order valence-electron chi connectivity index (χ3n) is 4.09. The summed E-state index contributed by atoms with van der Waals surface area (Å²) in [6, 6.07) is 8.08. The number of nitriles is 1. The lowest BCUT2D eigenvalue weighted by Crippen LogP contribution is -2.42. The van der Waals surface area contributed by atoms with Gasteiger partial charge in [-0.1, -0.05) is 12.1 Å². The van der Waals surface area contributed by atoms with Gasteiger partial charge in [0.25, 0.3) is 5.91 Å². The van der Waals surface area contributed by atoms with Crippen LogP contribution < -0.4 is 5.32 Å². The highest BCUT2D eigenvalue weighted by atomic mass is 79.9. The molecule has 25 heavy (non-hydrogen) atoms. The molecule has 0 spiro atoms. The minimum Gasteiger partial charge on any atom is -0.343 e. The van der Waals surface area contributed by atoms with E-state index >= 15 is 0 Å². The van der Waals surface area contributed by atoms with Crippen molar-refractivity contribution < 1.29 is 14.0 Å². The fourth-order valence-electron chi connectivity index (χ4n) is 2.87. The van der Waals surface area contributed by atoms with E-state index in [9.17, 15) is 14.0 Å². The molecule has 0 radical (unpaired) electrons. The van der Waals surface area contributed by atoms with Gasteiger partial charge < -0.3 is 10.2 Å². The largest absolute Gasteiger partial charge is 0.343 e. The van der Waals surface area contributed by atoms with Crippen LogP contribution in [0.25, 0.3) is 10.9 Å². The van der Waals surface area contributed by atoms with Crippen molar-refractivity contribution in [2.75, 3.05) is 13.1 Å². The molecule has 128 valence electrons. The lowest BCUT2D eigenvalue weighted by molar-refractivity contribution is -0.130. The summed E-state index contributed by atoms with van der Waals surface area (Å²) in [5.41, 5.74) is 1.03. The van der Waals surface area contributed by atoms with Gasteiger partial charge in [-0.05, 0) is 28.1 Å². The maximum Gasteiger partial charge on any atom is 0.252 e. The summed E-state index contributed by atoms with van der Waals surface area (Å²) >= 11 is 3.39. The number of para-hydroxylation sites is 1. The van der Waals surface area contributed by atoms with Crippen molar-refractivity contribution in [2.45, 2.75) is 18.6 Å². The molecular formula is C17H14BrFN4O2. The van der Waals surface area contributed by atoms with Crippen LogP contribution in [0.3, 0.4) is 0 Å². The lowest BCUT2D eigenvalue weighted by Gasteiger charge is -2.19. The standard InChI is InChI=1S/C17H14BrFN4O2/c18-14-3-1-2-12-13(4-5-21-16(12)14)17(25)22-8-15(24)23-9-10(19)6-11(23)7-20/h1-5,10-11H,6,8-9H2,(H,22,25)/t10?,11-/m0/s1. The topological polar surface area (TPSA) is 86.1 Å². The fraction of sp³-hybridized carbons (Fsp3) is 0.294. The number of benzene rings is 1. The summed E-state index contributed by atoms with van der Waals surface area (Å²) in [6.07, 6.45) is 0.328. The Kier molecular flexibility index (Phi) is 4.95. The average Bonchev–Trinajstić information content (AvgIpc) is 3.00. The molecule has 1 aromatic heterocycles. The van der Waals surface area contributed by atoms with Gasteiger partial charge in [0.2, 0.25) is 5.91 Å². The third-order valence-corrected chi connectivity index (χ3v) is 4.73. The zero-order valence-electron chi connectivity index (χ0n) is 13.1. The van der Waals surface area contributed by atoms with E-state index in [4.69, 9.17) is 5.26 Å². The first-order valence-electron chi connectivity index (χ1n) is 7.66. The van der Waals surface area contributed by atoms with Gasteiger partial charge in [-0.2, -0.15) is 5.26 Å². The zero-order valence-corrected chi connectivity index (χ0v) is 14.7. The number of aromatic nitrogens is 1. The highest BCUT2D eigenvalue weighted by Crippen LogP contribution is 2.24. The van der Waals surface area contributed by atoms with Crippen LogP contribution in [-0.2, 0) is 4.79 Å². The van der Waals surface area contributed by atoms with Gasteiger partial charge >= 0.3 is 0 Å². The number of alkyl halides is 1. The normalized spacial score (nSPS) is 19.6. The van der Waals surface area contributed by atoms with Crippen molar-refractivity contribution in [3.8, 4) is 6.07 Å². The minimum absolute atomic E-state index is 0.0131. The molecule has 0 aliphatic carbocycles. The number of pyridine rings is 1. The first kappa shape index (κ1) is 17.3. The molecule has 1 fully saturated rings. The molecule has 6 nitrogen and oxygen atoms in total. The third kappa shape index (κ3) is 3.46. The fourth-order valence-corrected chi connectivity index (χ4v) is 3.34. The number of hydrogen-bond acceptors (Lipinski definition) is 4. The summed E-state index contributed by atoms with van der Waals surface area (Å²) in [6.45, 7) is -0.403. The molecule has 0 saturated carbocycles. The number of halogens is 2. The van der Waals surface area contributed by atoms with Crippen LogP contribution >= 0.6 is 15.9 Å². The number of hydrogen-bond donors (Lipinski definition) is 1. The van der Waals surface area contributed by atoms with E-state index in [0.29, 0.717) is 16.5 Å². The van der Waals surface area contributed by atoms with Gasteiger partial charge in [0.1, 0.15) is 12.2 Å². The summed E-state index contributed by atoms with van der Waals surface area (Å²) in [4.78, 5) is 30.0. The second kappa shape index (κ2) is 7.15. The Morgan fingerprint density at radius 1 is 1.44 bits per heavy atom. The highest BCUT2D eigenvalue weighted by Gasteiger charge is 2.35. The van der Waals surface area contributed by atoms with Crippen LogP contribution in [0.1, 0.15) is 16.8 Å². The molecule has 3 rings (SSSR count). The highest BCUT2D eigenvalue weighted by molar-refractivity contribution is 9.10. The summed E-state index contributed by atoms with van der Waals surface area (Å²) in [7, 11) is 0. The van der Waals surface area contributed by atoms with E-state index in [1.165, 1.54) is 11.1 Å². The van der Waals surface area contributed by atoms with Crippen molar-refractivity contribution in [1.29, 1.82) is 5.26 Å². The zero-order chi connectivity index (χ0) is 18.0. The second-order valence-corrected chi connectivity index (χ2v) is 6.56. The second-order valence-electron chi connectivity index (χ2n) is 5.70. The molecule has 2 aromatic rings. The molecule has 0 bridgehead atoms. The van der Waals surface area contributed by atoms with Crippen molar-refractivity contribution in [1.82, 2.24) is 15.2 Å². The predicted molar refractivity (Wildman–Crippen MR) is 92.4 cm³/mol. The van der Waals surface area contributed by atoms with E-state index < -0.39 is 24.0 Å². The van der Waals surface area contributed by atoms with E-state index in [1.807, 2.05) is 12.1 Å². The van der Waals surface area contributed by atoms with Crippen molar-refractivity contribution in [3.05, 3.63) is 40.5 Å². The van der Waals surface area contributed by atoms with Crippen molar-refractivity contribution >= 4 is 38.6 Å². The Morgan fingerprint density at radius 3 is 3.00 bits per heavy atom. The average molecular weight is 405 g/mol. The molecule has 2 amide bonds. The minimum atomic E-state index is -1.20. The van der Waals surface area contributed by atoms with Gasteiger partial charge in [-0.25, -0.2) is 4.39 Å². The predicted octanol–water partition coefficient (Wildman–Crippen LogP) is 2.19. The van der Waals surface area contributed by atoms with E-state index in [-0.39, 0.29) is 19.5 Å². The van der Waals surface area contributed by atoms with E-state index in [1.54, 1.807) is 18.2 Å². The summed E-state index contributed by atoms with van der Waals surface area (Å²) in [5, 5.41) is 12.2. The molecule has 1 aliphatic rings. The molecule has 1 aromatic carbocycles. The Balaban J connectivity index is 1.73. The van der Waals surface area contributed by atoms with Gasteiger partial charge in [-0.15, -0.1) is 0 Å². The number of carbonyl (C=O) groups excluding carboxylic acids is 2. The molecule has 8 heteroatoms. The number of amides is 2. The molecule has 1 unspecified atom stereocenters. The quantitative estimate of drug-likeness (QED) is 0.849. The number of rotatable bonds is 3. The van der Waals surface area contributed by atoms with Gasteiger partial charge in [0.05, 0.1) is 30.2 Å². The molecular weight excluding hydrogens is 391 g/mol. The van der Waals surface area contributed by atoms with E-state index in [0.717, 1.165) is 4.47 Å². The molecule has 2 atom stereocenters. The van der Waals surface area contributed by atoms with Crippen LogP contribution in [0.15, 0.2) is 34.9 Å². The van der Waals surface area contributed by atoms with Crippen LogP contribution in [-0.4, -0.2) is 47.0 Å². The number of likely N-dealkylation sites (tertiary alicyclic amines) is 1. The smallest absolute Gasteiger partial charge is 0.252 e. The number of carbonyl (C=O) groups is 2. The molecule has 1 N–H and O–H groups in total. The van der Waals surface area contributed by atoms with Crippen molar-refractivity contribution in [3.63, 3.8) is 0 Å². The first-order chi connectivity index (χ1) is 12.0. The Labute approximate surface area is 151 Å². The summed E-state index contributed by atoms with van der Waals surface area (Å²) < 4.78 is 14.2. The SMILES string of the molecule is N#C[C@@H]1CC(F)CN1C(=O)CNC(=O)c1ccnc2c(Br)cccc12. The van der Waals surface area contributed by atoms with Gasteiger partial charge in [0.15, 0.2) is 0 Å². The van der Waals surface area contributed by atoms with Crippen molar-refractivity contribution in [2.24, 2.45) is 0 Å². The maximum atomic E-state index is 13.4. The van der Waals surface area contributed by atoms with Gasteiger partial charge in [0, 0.05) is 22.5 Å².